The van der Waals surface area contributed by atoms with Crippen molar-refractivity contribution >= 4 is 0 Å². The van der Waals surface area contributed by atoms with Crippen LogP contribution in [-0.4, -0.2) is 67.0 Å². The van der Waals surface area contributed by atoms with Crippen LogP contribution in [0.4, 0.5) is 0 Å². The maximum atomic E-state index is 10.3. The van der Waals surface area contributed by atoms with E-state index in [-0.39, 0.29) is 13.1 Å². The van der Waals surface area contributed by atoms with Crippen molar-refractivity contribution in [1.82, 2.24) is 24.6 Å². The third-order valence-corrected chi connectivity index (χ3v) is 4.21. The van der Waals surface area contributed by atoms with Gasteiger partial charge in [0.25, 0.3) is 0 Å². The Kier molecular flexibility index (Phi) is 3.39. The molecule has 0 aliphatic carbocycles. The second kappa shape index (κ2) is 5.43. The molecule has 3 aliphatic rings. The maximum absolute atomic E-state index is 10.3. The highest BCUT2D eigenvalue weighted by Crippen LogP contribution is 2.18. The summed E-state index contributed by atoms with van der Waals surface area (Å²) in [6.45, 7) is 3.06. The van der Waals surface area contributed by atoms with Gasteiger partial charge in [0.2, 0.25) is 0 Å². The molecule has 0 spiro atoms. The average molecular weight is 315 g/mol. The zero-order valence-electron chi connectivity index (χ0n) is 12.9. The van der Waals surface area contributed by atoms with Crippen LogP contribution in [0.25, 0.3) is 0 Å². The number of rotatable bonds is 0. The van der Waals surface area contributed by atoms with Gasteiger partial charge < -0.3 is 29.8 Å². The Labute approximate surface area is 135 Å². The van der Waals surface area contributed by atoms with Crippen LogP contribution in [0, 0.1) is 0 Å². The van der Waals surface area contributed by atoms with E-state index in [0.29, 0.717) is 26.4 Å². The lowest BCUT2D eigenvalue weighted by Crippen LogP contribution is -2.49. The van der Waals surface area contributed by atoms with Gasteiger partial charge in [-0.1, -0.05) is 6.07 Å². The molecule has 23 heavy (non-hydrogen) atoms. The molecule has 3 aliphatic heterocycles. The Hall–Kier alpha value is -2.25. The molecule has 1 aromatic rings. The van der Waals surface area contributed by atoms with Crippen molar-refractivity contribution in [2.45, 2.75) is 18.9 Å². The van der Waals surface area contributed by atoms with Crippen LogP contribution in [0.1, 0.15) is 11.4 Å². The predicted octanol–water partition coefficient (Wildman–Crippen LogP) is -0.131. The Morgan fingerprint density at radius 3 is 1.78 bits per heavy atom. The Morgan fingerprint density at radius 1 is 0.783 bits per heavy atom. The number of hydrogen-bond acceptors (Lipinski definition) is 7. The molecule has 7 heteroatoms. The van der Waals surface area contributed by atoms with Crippen molar-refractivity contribution in [2.24, 2.45) is 0 Å². The maximum Gasteiger partial charge on any atom is 0.198 e. The van der Waals surface area contributed by atoms with E-state index in [2.05, 4.69) is 9.80 Å². The van der Waals surface area contributed by atoms with Gasteiger partial charge in [-0.3, -0.25) is 4.98 Å². The van der Waals surface area contributed by atoms with Crippen LogP contribution in [-0.2, 0) is 13.1 Å². The first-order valence-electron chi connectivity index (χ1n) is 7.78. The number of nitrogens with zero attached hydrogens (tertiary/aromatic N) is 5. The van der Waals surface area contributed by atoms with Gasteiger partial charge >= 0.3 is 0 Å². The summed E-state index contributed by atoms with van der Waals surface area (Å²) in [6.07, 6.45) is 7.74. The van der Waals surface area contributed by atoms with Crippen molar-refractivity contribution in [3.8, 4) is 0 Å². The zero-order chi connectivity index (χ0) is 15.9. The normalized spacial score (nSPS) is 22.7. The lowest BCUT2D eigenvalue weighted by Gasteiger charge is -2.32. The molecule has 6 bridgehead atoms. The number of hydrogen-bond donors (Lipinski definition) is 2. The van der Waals surface area contributed by atoms with Crippen molar-refractivity contribution < 1.29 is 10.2 Å². The molecule has 0 atom stereocenters. The van der Waals surface area contributed by atoms with Crippen molar-refractivity contribution in [3.63, 3.8) is 0 Å². The van der Waals surface area contributed by atoms with Gasteiger partial charge in [-0.15, -0.1) is 0 Å². The van der Waals surface area contributed by atoms with Crippen LogP contribution in [0.2, 0.25) is 0 Å². The van der Waals surface area contributed by atoms with Crippen LogP contribution < -0.4 is 0 Å². The highest BCUT2D eigenvalue weighted by molar-refractivity contribution is 5.13. The van der Waals surface area contributed by atoms with E-state index in [9.17, 15) is 10.2 Å². The molecule has 4 heterocycles. The van der Waals surface area contributed by atoms with Crippen LogP contribution in [0.5, 0.6) is 0 Å². The van der Waals surface area contributed by atoms with Gasteiger partial charge in [0.15, 0.2) is 5.79 Å². The highest BCUT2D eigenvalue weighted by Gasteiger charge is 2.31. The van der Waals surface area contributed by atoms with E-state index in [1.165, 1.54) is 0 Å². The number of pyridine rings is 1. The van der Waals surface area contributed by atoms with Gasteiger partial charge in [0, 0.05) is 24.8 Å². The topological polar surface area (TPSA) is 66.3 Å². The van der Waals surface area contributed by atoms with Gasteiger partial charge in [0.1, 0.15) is 0 Å². The fourth-order valence-corrected chi connectivity index (χ4v) is 3.27. The molecule has 1 aromatic heterocycles. The minimum Gasteiger partial charge on any atom is -0.363 e. The first-order valence-corrected chi connectivity index (χ1v) is 7.78. The summed E-state index contributed by atoms with van der Waals surface area (Å²) in [6, 6.07) is 6.10. The molecule has 0 unspecified atom stereocenters. The molecule has 7 nitrogen and oxygen atoms in total. The van der Waals surface area contributed by atoms with E-state index < -0.39 is 5.79 Å². The smallest absolute Gasteiger partial charge is 0.198 e. The lowest BCUT2D eigenvalue weighted by atomic mass is 10.2. The summed E-state index contributed by atoms with van der Waals surface area (Å²) < 4.78 is 0. The summed E-state index contributed by atoms with van der Waals surface area (Å²) in [5.41, 5.74) is 2.04. The van der Waals surface area contributed by atoms with Crippen molar-refractivity contribution in [2.75, 3.05) is 26.4 Å². The molecule has 0 saturated carbocycles. The Bertz CT molecular complexity index is 596. The van der Waals surface area contributed by atoms with E-state index >= 15 is 0 Å². The van der Waals surface area contributed by atoms with E-state index in [4.69, 9.17) is 4.98 Å². The Morgan fingerprint density at radius 2 is 1.26 bits per heavy atom. The standard InChI is InChI=1S/C16H21N5O2/c22-16(23)10-20-6-4-18(12-20)8-14-2-1-3-15(17-14)9-19-5-7-21(11-16)13-19/h1-7,22-23H,8-13H2. The van der Waals surface area contributed by atoms with Crippen LogP contribution in [0.3, 0.4) is 0 Å². The third kappa shape index (κ3) is 3.25. The molecular formula is C16H21N5O2. The number of fused-ring (bicyclic) bond motifs is 6. The first kappa shape index (κ1) is 14.3. The molecular weight excluding hydrogens is 294 g/mol. The lowest BCUT2D eigenvalue weighted by molar-refractivity contribution is -0.179. The SMILES string of the molecule is OC1(O)CN2C=CN(Cc3cccc(n3)CN3C=CN(C3)C1)C2. The van der Waals surface area contributed by atoms with Gasteiger partial charge in [-0.05, 0) is 12.1 Å². The van der Waals surface area contributed by atoms with Crippen LogP contribution in [0.15, 0.2) is 43.0 Å². The summed E-state index contributed by atoms with van der Waals surface area (Å²) in [4.78, 5) is 12.8. The minimum atomic E-state index is -1.75. The molecule has 2 N–H and O–H groups in total. The van der Waals surface area contributed by atoms with E-state index in [0.717, 1.165) is 11.4 Å². The molecule has 4 rings (SSSR count). The molecule has 122 valence electrons. The second-order valence-corrected chi connectivity index (χ2v) is 6.47. The van der Waals surface area contributed by atoms with Crippen LogP contribution >= 0.6 is 0 Å². The van der Waals surface area contributed by atoms with Crippen molar-refractivity contribution in [1.29, 1.82) is 0 Å². The first-order chi connectivity index (χ1) is 11.1. The monoisotopic (exact) mass is 315 g/mol. The second-order valence-electron chi connectivity index (χ2n) is 6.47. The molecule has 0 aromatic carbocycles. The highest BCUT2D eigenvalue weighted by atomic mass is 16.5. The van der Waals surface area contributed by atoms with E-state index in [1.54, 1.807) is 0 Å². The molecule has 0 saturated heterocycles. The summed E-state index contributed by atoms with van der Waals surface area (Å²) >= 11 is 0. The fourth-order valence-electron chi connectivity index (χ4n) is 3.27. The number of aliphatic hydroxyl groups is 2. The predicted molar refractivity (Wildman–Crippen MR) is 83.9 cm³/mol. The fraction of sp³-hybridized carbons (Fsp3) is 0.438. The molecule has 0 radical (unpaired) electrons. The van der Waals surface area contributed by atoms with Gasteiger partial charge in [-0.2, -0.15) is 0 Å². The zero-order valence-corrected chi connectivity index (χ0v) is 12.9. The van der Waals surface area contributed by atoms with Gasteiger partial charge in [0.05, 0.1) is 50.9 Å². The third-order valence-electron chi connectivity index (χ3n) is 4.21. The van der Waals surface area contributed by atoms with Gasteiger partial charge in [-0.25, -0.2) is 0 Å². The summed E-state index contributed by atoms with van der Waals surface area (Å²) in [5, 5.41) is 20.6. The minimum absolute atomic E-state index is 0.178. The quantitative estimate of drug-likeness (QED) is 0.647. The summed E-state index contributed by atoms with van der Waals surface area (Å²) in [5.74, 6) is -1.75. The van der Waals surface area contributed by atoms with E-state index in [1.807, 2.05) is 52.8 Å². The number of aromatic nitrogens is 1. The average Bonchev–Trinajstić information content (AvgIpc) is 3.07. The Balaban J connectivity index is 1.60. The molecule has 0 amide bonds. The van der Waals surface area contributed by atoms with Crippen molar-refractivity contribution in [3.05, 3.63) is 54.4 Å². The largest absolute Gasteiger partial charge is 0.363 e. The summed E-state index contributed by atoms with van der Waals surface area (Å²) in [7, 11) is 0. The molecule has 0 fully saturated rings.